The number of nitrogens with two attached hydrogens (primary N) is 1. The molecule has 1 aromatic rings. The Labute approximate surface area is 91.5 Å². The van der Waals surface area contributed by atoms with Crippen molar-refractivity contribution in [1.29, 1.82) is 0 Å². The van der Waals surface area contributed by atoms with Crippen LogP contribution in [0.25, 0.3) is 0 Å². The third-order valence-electron chi connectivity index (χ3n) is 3.23. The molecule has 0 aliphatic carbocycles. The summed E-state index contributed by atoms with van der Waals surface area (Å²) in [7, 11) is 4.26. The second kappa shape index (κ2) is 3.74. The van der Waals surface area contributed by atoms with Crippen LogP contribution < -0.4 is 15.5 Å². The fraction of sp³-hybridized carbons (Fsp3) is 0.500. The van der Waals surface area contributed by atoms with E-state index in [1.807, 2.05) is 0 Å². The molecule has 1 unspecified atom stereocenters. The van der Waals surface area contributed by atoms with Gasteiger partial charge in [-0.25, -0.2) is 0 Å². The van der Waals surface area contributed by atoms with E-state index in [1.54, 1.807) is 0 Å². The van der Waals surface area contributed by atoms with Crippen LogP contribution in [0.2, 0.25) is 0 Å². The Morgan fingerprint density at radius 3 is 2.73 bits per heavy atom. The summed E-state index contributed by atoms with van der Waals surface area (Å²) < 4.78 is 0. The Morgan fingerprint density at radius 2 is 2.07 bits per heavy atom. The van der Waals surface area contributed by atoms with Crippen molar-refractivity contribution in [2.75, 3.05) is 37.0 Å². The average molecular weight is 205 g/mol. The Balaban J connectivity index is 2.44. The second-order valence-electron chi connectivity index (χ2n) is 4.37. The van der Waals surface area contributed by atoms with E-state index in [2.05, 4.69) is 49.0 Å². The quantitative estimate of drug-likeness (QED) is 0.748. The Morgan fingerprint density at radius 1 is 1.33 bits per heavy atom. The van der Waals surface area contributed by atoms with Crippen molar-refractivity contribution >= 4 is 11.4 Å². The zero-order valence-corrected chi connectivity index (χ0v) is 9.70. The van der Waals surface area contributed by atoms with Gasteiger partial charge in [0.1, 0.15) is 0 Å². The van der Waals surface area contributed by atoms with E-state index in [0.29, 0.717) is 12.6 Å². The molecule has 0 bridgehead atoms. The highest BCUT2D eigenvalue weighted by atomic mass is 15.3. The zero-order chi connectivity index (χ0) is 11.0. The molecular weight excluding hydrogens is 186 g/mol. The summed E-state index contributed by atoms with van der Waals surface area (Å²) in [6, 6.07) is 6.99. The van der Waals surface area contributed by atoms with Crippen molar-refractivity contribution in [2.45, 2.75) is 13.0 Å². The maximum absolute atomic E-state index is 5.77. The molecule has 1 aliphatic rings. The van der Waals surface area contributed by atoms with Gasteiger partial charge in [0.2, 0.25) is 0 Å². The normalized spacial score (nSPS) is 20.4. The summed E-state index contributed by atoms with van der Waals surface area (Å²) >= 11 is 0. The lowest BCUT2D eigenvalue weighted by molar-refractivity contribution is 0.609. The van der Waals surface area contributed by atoms with E-state index in [1.165, 1.54) is 16.9 Å². The molecule has 2 rings (SSSR count). The number of rotatable bonds is 1. The van der Waals surface area contributed by atoms with E-state index >= 15 is 0 Å². The molecular formula is C12H19N3. The highest BCUT2D eigenvalue weighted by Crippen LogP contribution is 2.33. The molecule has 1 atom stereocenters. The van der Waals surface area contributed by atoms with Crippen LogP contribution in [0.5, 0.6) is 0 Å². The predicted octanol–water partition coefficient (Wildman–Crippen LogP) is 1.21. The number of anilines is 2. The first-order valence-electron chi connectivity index (χ1n) is 5.38. The van der Waals surface area contributed by atoms with Gasteiger partial charge in [-0.1, -0.05) is 6.07 Å². The molecule has 1 aliphatic heterocycles. The lowest BCUT2D eigenvalue weighted by Crippen LogP contribution is -2.49. The molecule has 82 valence electrons. The van der Waals surface area contributed by atoms with Gasteiger partial charge in [-0.15, -0.1) is 0 Å². The molecule has 15 heavy (non-hydrogen) atoms. The van der Waals surface area contributed by atoms with Crippen LogP contribution >= 0.6 is 0 Å². The minimum Gasteiger partial charge on any atom is -0.371 e. The predicted molar refractivity (Wildman–Crippen MR) is 65.7 cm³/mol. The van der Waals surface area contributed by atoms with Crippen molar-refractivity contribution in [3.63, 3.8) is 0 Å². The number of fused-ring (bicyclic) bond motifs is 1. The Bertz CT molecular complexity index is 362. The SMILES string of the molecule is Cc1ccc2c(c1)N(C)CC(CN)N2C. The summed E-state index contributed by atoms with van der Waals surface area (Å²) in [5.41, 5.74) is 9.67. The first kappa shape index (κ1) is 10.3. The van der Waals surface area contributed by atoms with Crippen LogP contribution in [0.15, 0.2) is 18.2 Å². The number of aryl methyl sites for hydroxylation is 1. The molecule has 3 nitrogen and oxygen atoms in total. The molecule has 0 saturated heterocycles. The van der Waals surface area contributed by atoms with Crippen molar-refractivity contribution < 1.29 is 0 Å². The van der Waals surface area contributed by atoms with E-state index in [4.69, 9.17) is 5.73 Å². The van der Waals surface area contributed by atoms with Crippen LogP contribution in [0, 0.1) is 6.92 Å². The standard InChI is InChI=1S/C12H19N3/c1-9-4-5-11-12(6-9)14(2)8-10(7-13)15(11)3/h4-6,10H,7-8,13H2,1-3H3. The number of likely N-dealkylation sites (N-methyl/N-ethyl adjacent to an activating group) is 2. The summed E-state index contributed by atoms with van der Waals surface area (Å²) in [6.45, 7) is 3.83. The van der Waals surface area contributed by atoms with Crippen LogP contribution in [-0.2, 0) is 0 Å². The molecule has 0 amide bonds. The van der Waals surface area contributed by atoms with Crippen molar-refractivity contribution in [3.05, 3.63) is 23.8 Å². The zero-order valence-electron chi connectivity index (χ0n) is 9.70. The first-order valence-corrected chi connectivity index (χ1v) is 5.38. The summed E-state index contributed by atoms with van der Waals surface area (Å²) in [4.78, 5) is 4.58. The van der Waals surface area contributed by atoms with Crippen molar-refractivity contribution in [2.24, 2.45) is 5.73 Å². The van der Waals surface area contributed by atoms with Gasteiger partial charge in [0.05, 0.1) is 17.4 Å². The molecule has 0 radical (unpaired) electrons. The third-order valence-corrected chi connectivity index (χ3v) is 3.23. The van der Waals surface area contributed by atoms with Gasteiger partial charge >= 0.3 is 0 Å². The van der Waals surface area contributed by atoms with Gasteiger partial charge in [-0.3, -0.25) is 0 Å². The van der Waals surface area contributed by atoms with E-state index < -0.39 is 0 Å². The number of benzene rings is 1. The van der Waals surface area contributed by atoms with Gasteiger partial charge < -0.3 is 15.5 Å². The Kier molecular flexibility index (Phi) is 2.57. The molecule has 3 heteroatoms. The maximum atomic E-state index is 5.77. The molecule has 1 aromatic carbocycles. The van der Waals surface area contributed by atoms with E-state index in [0.717, 1.165) is 6.54 Å². The minimum atomic E-state index is 0.421. The summed E-state index contributed by atoms with van der Waals surface area (Å²) in [5, 5.41) is 0. The Hall–Kier alpha value is -1.22. The maximum Gasteiger partial charge on any atom is 0.0605 e. The van der Waals surface area contributed by atoms with Crippen molar-refractivity contribution in [3.8, 4) is 0 Å². The molecule has 0 aromatic heterocycles. The molecule has 1 heterocycles. The van der Waals surface area contributed by atoms with E-state index in [9.17, 15) is 0 Å². The molecule has 2 N–H and O–H groups in total. The number of hydrogen-bond acceptors (Lipinski definition) is 3. The fourth-order valence-corrected chi connectivity index (χ4v) is 2.20. The van der Waals surface area contributed by atoms with Gasteiger partial charge in [0, 0.05) is 27.2 Å². The van der Waals surface area contributed by atoms with Crippen LogP contribution in [0.4, 0.5) is 11.4 Å². The molecule has 0 fully saturated rings. The smallest absolute Gasteiger partial charge is 0.0605 e. The van der Waals surface area contributed by atoms with Crippen LogP contribution in [-0.4, -0.2) is 33.2 Å². The minimum absolute atomic E-state index is 0.421. The lowest BCUT2D eigenvalue weighted by Gasteiger charge is -2.41. The van der Waals surface area contributed by atoms with Gasteiger partial charge in [0.25, 0.3) is 0 Å². The number of hydrogen-bond donors (Lipinski definition) is 1. The topological polar surface area (TPSA) is 32.5 Å². The van der Waals surface area contributed by atoms with Gasteiger partial charge in [0.15, 0.2) is 0 Å². The van der Waals surface area contributed by atoms with Gasteiger partial charge in [-0.05, 0) is 24.6 Å². The fourth-order valence-electron chi connectivity index (χ4n) is 2.20. The first-order chi connectivity index (χ1) is 7.13. The largest absolute Gasteiger partial charge is 0.371 e. The number of nitrogens with zero attached hydrogens (tertiary/aromatic N) is 2. The highest BCUT2D eigenvalue weighted by Gasteiger charge is 2.25. The molecule has 0 saturated carbocycles. The summed E-state index contributed by atoms with van der Waals surface area (Å²) in [6.07, 6.45) is 0. The lowest BCUT2D eigenvalue weighted by atomic mass is 10.1. The summed E-state index contributed by atoms with van der Waals surface area (Å²) in [5.74, 6) is 0. The van der Waals surface area contributed by atoms with Crippen LogP contribution in [0.3, 0.4) is 0 Å². The highest BCUT2D eigenvalue weighted by molar-refractivity contribution is 5.74. The second-order valence-corrected chi connectivity index (χ2v) is 4.37. The average Bonchev–Trinajstić information content (AvgIpc) is 2.23. The van der Waals surface area contributed by atoms with Gasteiger partial charge in [-0.2, -0.15) is 0 Å². The van der Waals surface area contributed by atoms with Crippen LogP contribution in [0.1, 0.15) is 5.56 Å². The van der Waals surface area contributed by atoms with E-state index in [-0.39, 0.29) is 0 Å². The monoisotopic (exact) mass is 205 g/mol. The molecule has 0 spiro atoms. The third kappa shape index (κ3) is 1.67. The van der Waals surface area contributed by atoms with Crippen molar-refractivity contribution in [1.82, 2.24) is 0 Å².